The number of nitrogens with zero attached hydrogens (tertiary/aromatic N) is 1. The Bertz CT molecular complexity index is 781. The van der Waals surface area contributed by atoms with Crippen LogP contribution in [0, 0.1) is 12.8 Å². The molecule has 1 amide bonds. The number of aliphatic hydroxyl groups excluding tert-OH is 1. The third kappa shape index (κ3) is 4.05. The van der Waals surface area contributed by atoms with Crippen molar-refractivity contribution in [2.24, 2.45) is 5.92 Å². The molecule has 10 heteroatoms. The molecule has 1 fully saturated rings. The number of halogens is 4. The van der Waals surface area contributed by atoms with Crippen molar-refractivity contribution >= 4 is 39.9 Å². The molecule has 1 saturated heterocycles. The highest BCUT2D eigenvalue weighted by molar-refractivity contribution is 7.20. The molecule has 138 valence electrons. The predicted molar refractivity (Wildman–Crippen MR) is 91.3 cm³/mol. The lowest BCUT2D eigenvalue weighted by Crippen LogP contribution is -2.34. The maximum atomic E-state index is 12.7. The van der Waals surface area contributed by atoms with Crippen LogP contribution in [0.3, 0.4) is 0 Å². The molecule has 5 nitrogen and oxygen atoms in total. The van der Waals surface area contributed by atoms with Gasteiger partial charge in [0.25, 0.3) is 5.91 Å². The maximum absolute atomic E-state index is 12.7. The summed E-state index contributed by atoms with van der Waals surface area (Å²) in [7, 11) is 0. The molecule has 3 rings (SSSR count). The van der Waals surface area contributed by atoms with Crippen molar-refractivity contribution in [1.82, 2.24) is 15.6 Å². The number of amides is 1. The summed E-state index contributed by atoms with van der Waals surface area (Å²) >= 11 is 0.944. The summed E-state index contributed by atoms with van der Waals surface area (Å²) < 4.78 is 38.2. The van der Waals surface area contributed by atoms with E-state index in [-0.39, 0.29) is 29.1 Å². The van der Waals surface area contributed by atoms with Crippen LogP contribution in [0.1, 0.15) is 20.9 Å². The van der Waals surface area contributed by atoms with Crippen LogP contribution in [0.25, 0.3) is 10.2 Å². The van der Waals surface area contributed by atoms with Gasteiger partial charge in [-0.25, -0.2) is 4.98 Å². The number of alkyl halides is 3. The van der Waals surface area contributed by atoms with Crippen LogP contribution in [-0.4, -0.2) is 41.7 Å². The zero-order valence-electron chi connectivity index (χ0n) is 13.2. The van der Waals surface area contributed by atoms with Gasteiger partial charge in [0.15, 0.2) is 0 Å². The average molecular weight is 396 g/mol. The molecular formula is C15H17ClF3N3O2S. The van der Waals surface area contributed by atoms with E-state index in [0.717, 1.165) is 17.4 Å². The maximum Gasteiger partial charge on any atom is 0.433 e. The lowest BCUT2D eigenvalue weighted by Gasteiger charge is -2.13. The molecule has 2 aromatic heterocycles. The molecule has 1 aliphatic heterocycles. The first-order valence-corrected chi connectivity index (χ1v) is 8.23. The van der Waals surface area contributed by atoms with Gasteiger partial charge in [-0.1, -0.05) is 0 Å². The van der Waals surface area contributed by atoms with Gasteiger partial charge in [0.1, 0.15) is 10.5 Å². The van der Waals surface area contributed by atoms with Gasteiger partial charge in [-0.3, -0.25) is 4.79 Å². The molecule has 0 aliphatic carbocycles. The fraction of sp³-hybridized carbons (Fsp3) is 0.467. The van der Waals surface area contributed by atoms with Crippen molar-refractivity contribution in [2.45, 2.75) is 19.2 Å². The minimum Gasteiger partial charge on any atom is -0.391 e. The van der Waals surface area contributed by atoms with Gasteiger partial charge in [-0.05, 0) is 24.6 Å². The van der Waals surface area contributed by atoms with Crippen LogP contribution < -0.4 is 10.6 Å². The third-order valence-electron chi connectivity index (χ3n) is 4.13. The smallest absolute Gasteiger partial charge is 0.391 e. The van der Waals surface area contributed by atoms with Crippen molar-refractivity contribution in [1.29, 1.82) is 0 Å². The Morgan fingerprint density at radius 1 is 1.44 bits per heavy atom. The van der Waals surface area contributed by atoms with Crippen molar-refractivity contribution in [3.8, 4) is 0 Å². The Kier molecular flexibility index (Phi) is 5.93. The van der Waals surface area contributed by atoms with Crippen LogP contribution in [0.15, 0.2) is 12.1 Å². The number of aliphatic hydroxyl groups is 1. The summed E-state index contributed by atoms with van der Waals surface area (Å²) in [5.41, 5.74) is -0.359. The normalized spacial score (nSPS) is 20.5. The van der Waals surface area contributed by atoms with Crippen molar-refractivity contribution in [3.63, 3.8) is 0 Å². The van der Waals surface area contributed by atoms with E-state index in [0.29, 0.717) is 35.5 Å². The van der Waals surface area contributed by atoms with Gasteiger partial charge >= 0.3 is 6.18 Å². The van der Waals surface area contributed by atoms with Gasteiger partial charge in [-0.2, -0.15) is 13.2 Å². The second kappa shape index (κ2) is 7.45. The molecule has 2 aromatic rings. The lowest BCUT2D eigenvalue weighted by molar-refractivity contribution is -0.140. The molecule has 0 aromatic carbocycles. The fourth-order valence-corrected chi connectivity index (χ4v) is 3.80. The topological polar surface area (TPSA) is 74.2 Å². The Balaban J connectivity index is 0.00000225. The minimum atomic E-state index is -4.51. The van der Waals surface area contributed by atoms with Gasteiger partial charge in [0.2, 0.25) is 0 Å². The number of carbonyl (C=O) groups is 1. The first-order valence-electron chi connectivity index (χ1n) is 7.41. The number of β-amino-alcohol motifs (C(OH)–C–C–N with tert-alkyl or cyclic N) is 1. The first-order chi connectivity index (χ1) is 11.3. The van der Waals surface area contributed by atoms with E-state index in [9.17, 15) is 23.1 Å². The van der Waals surface area contributed by atoms with E-state index in [1.807, 2.05) is 0 Å². The monoisotopic (exact) mass is 395 g/mol. The highest BCUT2D eigenvalue weighted by atomic mass is 35.5. The first kappa shape index (κ1) is 19.9. The number of pyridine rings is 1. The zero-order chi connectivity index (χ0) is 17.5. The summed E-state index contributed by atoms with van der Waals surface area (Å²) in [6.45, 7) is 3.10. The van der Waals surface area contributed by atoms with E-state index in [4.69, 9.17) is 0 Å². The Labute approximate surface area is 152 Å². The minimum absolute atomic E-state index is 0. The van der Waals surface area contributed by atoms with Gasteiger partial charge in [-0.15, -0.1) is 23.7 Å². The highest BCUT2D eigenvalue weighted by Crippen LogP contribution is 2.34. The Morgan fingerprint density at radius 2 is 2.16 bits per heavy atom. The summed E-state index contributed by atoms with van der Waals surface area (Å²) in [5.74, 6) is -0.429. The van der Waals surface area contributed by atoms with E-state index in [2.05, 4.69) is 15.6 Å². The number of aryl methyl sites for hydroxylation is 1. The summed E-state index contributed by atoms with van der Waals surface area (Å²) in [5, 5.41) is 16.0. The van der Waals surface area contributed by atoms with E-state index in [1.54, 1.807) is 6.92 Å². The van der Waals surface area contributed by atoms with Crippen LogP contribution in [-0.2, 0) is 6.18 Å². The molecule has 3 N–H and O–H groups in total. The van der Waals surface area contributed by atoms with E-state index >= 15 is 0 Å². The third-order valence-corrected chi connectivity index (χ3v) is 5.33. The summed E-state index contributed by atoms with van der Waals surface area (Å²) in [4.78, 5) is 16.5. The van der Waals surface area contributed by atoms with Gasteiger partial charge in [0.05, 0.1) is 11.0 Å². The standard InChI is InChI=1S/C15H16F3N3O2S.ClH/c1-7-9-2-3-11(15(16,17)18)21-14(9)24-12(7)13(23)20-5-8-4-19-6-10(8)22;/h2-3,8,10,19,22H,4-6H2,1H3,(H,20,23);1H. The molecule has 1 aliphatic rings. The number of rotatable bonds is 3. The van der Waals surface area contributed by atoms with Gasteiger partial charge in [0, 0.05) is 30.9 Å². The number of aromatic nitrogens is 1. The zero-order valence-corrected chi connectivity index (χ0v) is 14.8. The quantitative estimate of drug-likeness (QED) is 0.746. The van der Waals surface area contributed by atoms with Crippen molar-refractivity contribution < 1.29 is 23.1 Å². The Morgan fingerprint density at radius 3 is 2.76 bits per heavy atom. The van der Waals surface area contributed by atoms with Crippen molar-refractivity contribution in [2.75, 3.05) is 19.6 Å². The number of fused-ring (bicyclic) bond motifs is 1. The largest absolute Gasteiger partial charge is 0.433 e. The molecule has 2 atom stereocenters. The van der Waals surface area contributed by atoms with E-state index in [1.165, 1.54) is 6.07 Å². The molecular weight excluding hydrogens is 379 g/mol. The molecule has 25 heavy (non-hydrogen) atoms. The van der Waals surface area contributed by atoms with Gasteiger partial charge < -0.3 is 15.7 Å². The average Bonchev–Trinajstić information content (AvgIpc) is 3.07. The number of thiophene rings is 1. The lowest BCUT2D eigenvalue weighted by atomic mass is 10.1. The number of hydrogen-bond acceptors (Lipinski definition) is 5. The summed E-state index contributed by atoms with van der Waals surface area (Å²) in [6.07, 6.45) is -5.02. The fourth-order valence-electron chi connectivity index (χ4n) is 2.71. The van der Waals surface area contributed by atoms with Crippen LogP contribution in [0.4, 0.5) is 13.2 Å². The van der Waals surface area contributed by atoms with E-state index < -0.39 is 18.0 Å². The van der Waals surface area contributed by atoms with Crippen molar-refractivity contribution in [3.05, 3.63) is 28.3 Å². The predicted octanol–water partition coefficient (Wildman–Crippen LogP) is 2.36. The molecule has 0 saturated carbocycles. The molecule has 0 radical (unpaired) electrons. The summed E-state index contributed by atoms with van der Waals surface area (Å²) in [6, 6.07) is 2.27. The number of carbonyl (C=O) groups excluding carboxylic acids is 1. The second-order valence-electron chi connectivity index (χ2n) is 5.80. The van der Waals surface area contributed by atoms with Crippen LogP contribution in [0.5, 0.6) is 0 Å². The van der Waals surface area contributed by atoms with Crippen LogP contribution in [0.2, 0.25) is 0 Å². The Hall–Kier alpha value is -1.42. The molecule has 2 unspecified atom stereocenters. The SMILES string of the molecule is Cc1c(C(=O)NCC2CNCC2O)sc2nc(C(F)(F)F)ccc12.Cl. The number of nitrogens with one attached hydrogen (secondary N) is 2. The van der Waals surface area contributed by atoms with Crippen LogP contribution >= 0.6 is 23.7 Å². The molecule has 0 spiro atoms. The highest BCUT2D eigenvalue weighted by Gasteiger charge is 2.33. The number of hydrogen-bond donors (Lipinski definition) is 3. The second-order valence-corrected chi connectivity index (χ2v) is 6.80. The molecule has 3 heterocycles. The molecule has 0 bridgehead atoms.